The van der Waals surface area contributed by atoms with Crippen LogP contribution in [-0.2, 0) is 36.8 Å². The summed E-state index contributed by atoms with van der Waals surface area (Å²) in [4.78, 5) is 24.8. The van der Waals surface area contributed by atoms with Crippen molar-refractivity contribution < 1.29 is 52.6 Å². The molecule has 2 amide bonds. The number of alkyl halides is 3. The van der Waals surface area contributed by atoms with Gasteiger partial charge in [-0.05, 0) is 29.7 Å². The standard InChI is InChI=1S/C18H14F5N3O2.W/c19-12-5-2-6-13(15(12)20)26(24)17(28)14-11(8-25-16(14)27)9-3-1-4-10(7-9)18(21,22)23;/h1-7,11,14H,8,24H2,(H,25,27);/p-1. The number of rotatable bonds is 3. The Labute approximate surface area is 176 Å². The van der Waals surface area contributed by atoms with Crippen molar-refractivity contribution in [3.05, 3.63) is 70.5 Å². The Morgan fingerprint density at radius 3 is 2.45 bits per heavy atom. The van der Waals surface area contributed by atoms with Crippen molar-refractivity contribution in [3.8, 4) is 0 Å². The van der Waals surface area contributed by atoms with Gasteiger partial charge >= 0.3 is 6.18 Å². The molecule has 2 aromatic rings. The first kappa shape index (κ1) is 23.0. The molecule has 0 aromatic heterocycles. The maximum atomic E-state index is 13.9. The van der Waals surface area contributed by atoms with E-state index < -0.39 is 52.7 Å². The van der Waals surface area contributed by atoms with Crippen LogP contribution in [0, 0.1) is 17.6 Å². The van der Waals surface area contributed by atoms with E-state index >= 15 is 0 Å². The summed E-state index contributed by atoms with van der Waals surface area (Å²) in [6, 6.07) is 7.12. The molecular formula is C18H13F5N3O2W-. The van der Waals surface area contributed by atoms with Crippen LogP contribution in [0.3, 0.4) is 0 Å². The van der Waals surface area contributed by atoms with Gasteiger partial charge in [-0.25, -0.2) is 19.6 Å². The average Bonchev–Trinajstić information content (AvgIpc) is 3.03. The number of carbonyl (C=O) groups excluding carboxylic acids is 2. The summed E-state index contributed by atoms with van der Waals surface area (Å²) in [6.45, 7) is -0.226. The average molecular weight is 582 g/mol. The van der Waals surface area contributed by atoms with E-state index in [9.17, 15) is 31.5 Å². The summed E-state index contributed by atoms with van der Waals surface area (Å²) in [6.07, 6.45) is -4.61. The zero-order valence-electron chi connectivity index (χ0n) is 14.5. The zero-order chi connectivity index (χ0) is 20.6. The van der Waals surface area contributed by atoms with Gasteiger partial charge in [0.05, 0.1) is 23.1 Å². The summed E-state index contributed by atoms with van der Waals surface area (Å²) in [5.41, 5.74) is -1.49. The molecule has 0 aliphatic carbocycles. The van der Waals surface area contributed by atoms with Gasteiger partial charge in [0.25, 0.3) is 5.91 Å². The van der Waals surface area contributed by atoms with E-state index in [2.05, 4.69) is 5.32 Å². The predicted octanol–water partition coefficient (Wildman–Crippen LogP) is 3.50. The molecule has 5 nitrogen and oxygen atoms in total. The number of hydrazine groups is 1. The summed E-state index contributed by atoms with van der Waals surface area (Å²) < 4.78 is 66.2. The van der Waals surface area contributed by atoms with Gasteiger partial charge in [-0.2, -0.15) is 13.2 Å². The van der Waals surface area contributed by atoms with E-state index in [0.29, 0.717) is 0 Å². The van der Waals surface area contributed by atoms with Crippen molar-refractivity contribution in [1.82, 2.24) is 0 Å². The molecule has 0 saturated carbocycles. The summed E-state index contributed by atoms with van der Waals surface area (Å²) in [7, 11) is 0. The van der Waals surface area contributed by atoms with Gasteiger partial charge in [0.2, 0.25) is 0 Å². The van der Waals surface area contributed by atoms with Gasteiger partial charge < -0.3 is 10.1 Å². The van der Waals surface area contributed by atoms with Crippen LogP contribution in [0.4, 0.5) is 27.6 Å². The molecular weight excluding hydrogens is 569 g/mol. The minimum Gasteiger partial charge on any atom is -0.652 e. The molecule has 1 fully saturated rings. The van der Waals surface area contributed by atoms with Crippen molar-refractivity contribution in [1.29, 1.82) is 0 Å². The van der Waals surface area contributed by atoms with Gasteiger partial charge in [-0.1, -0.05) is 24.3 Å². The fourth-order valence-electron chi connectivity index (χ4n) is 3.03. The first-order valence-electron chi connectivity index (χ1n) is 8.02. The molecule has 1 saturated heterocycles. The van der Waals surface area contributed by atoms with Gasteiger partial charge in [0.1, 0.15) is 0 Å². The SMILES string of the molecule is NN(C(=O)C1C(=O)[N-]CC1c1cccc(C(F)(F)F)c1)c1cccc(F)c1F.[W]. The Hall–Kier alpha value is -2.32. The molecule has 1 aliphatic rings. The van der Waals surface area contributed by atoms with Crippen LogP contribution in [0.15, 0.2) is 42.5 Å². The Morgan fingerprint density at radius 2 is 1.79 bits per heavy atom. The minimum atomic E-state index is -4.61. The van der Waals surface area contributed by atoms with Crippen molar-refractivity contribution in [2.24, 2.45) is 11.8 Å². The van der Waals surface area contributed by atoms with Crippen LogP contribution in [-0.4, -0.2) is 18.4 Å². The molecule has 0 bridgehead atoms. The number of nitrogens with two attached hydrogens (primary N) is 1. The van der Waals surface area contributed by atoms with E-state index in [1.807, 2.05) is 0 Å². The first-order chi connectivity index (χ1) is 13.1. The largest absolute Gasteiger partial charge is 0.652 e. The number of halogens is 5. The Balaban J connectivity index is 0.00000300. The van der Waals surface area contributed by atoms with E-state index in [4.69, 9.17) is 5.84 Å². The molecule has 0 radical (unpaired) electrons. The second-order valence-electron chi connectivity index (χ2n) is 6.17. The number of hydrogen-bond acceptors (Lipinski definition) is 3. The molecule has 29 heavy (non-hydrogen) atoms. The van der Waals surface area contributed by atoms with Crippen molar-refractivity contribution >= 4 is 17.5 Å². The molecule has 2 unspecified atom stereocenters. The molecule has 1 heterocycles. The molecule has 11 heteroatoms. The van der Waals surface area contributed by atoms with E-state index in [1.165, 1.54) is 6.07 Å². The van der Waals surface area contributed by atoms with E-state index in [1.54, 1.807) is 0 Å². The summed E-state index contributed by atoms with van der Waals surface area (Å²) in [5, 5.41) is 3.89. The number of carbonyl (C=O) groups is 2. The van der Waals surface area contributed by atoms with Gasteiger partial charge in [0, 0.05) is 21.1 Å². The Morgan fingerprint density at radius 1 is 1.14 bits per heavy atom. The Bertz CT molecular complexity index is 938. The molecule has 154 valence electrons. The van der Waals surface area contributed by atoms with Gasteiger partial charge in [-0.3, -0.25) is 4.79 Å². The normalized spacial score (nSPS) is 18.8. The maximum Gasteiger partial charge on any atom is 0.416 e. The topological polar surface area (TPSA) is 77.5 Å². The number of hydrogen-bond donors (Lipinski definition) is 1. The molecule has 2 aromatic carbocycles. The zero-order valence-corrected chi connectivity index (χ0v) is 17.4. The molecule has 0 spiro atoms. The number of anilines is 1. The number of benzene rings is 2. The first-order valence-corrected chi connectivity index (χ1v) is 8.02. The Kier molecular flexibility index (Phi) is 6.80. The monoisotopic (exact) mass is 582 g/mol. The quantitative estimate of drug-likeness (QED) is 0.198. The van der Waals surface area contributed by atoms with Crippen LogP contribution in [0.1, 0.15) is 17.0 Å². The number of nitrogens with zero attached hydrogens (tertiary/aromatic N) is 2. The van der Waals surface area contributed by atoms with Crippen LogP contribution >= 0.6 is 0 Å². The van der Waals surface area contributed by atoms with Gasteiger partial charge in [-0.15, -0.1) is 6.54 Å². The predicted molar refractivity (Wildman–Crippen MR) is 88.9 cm³/mol. The van der Waals surface area contributed by atoms with Crippen LogP contribution < -0.4 is 10.9 Å². The summed E-state index contributed by atoms with van der Waals surface area (Å²) in [5.74, 6) is -1.59. The second kappa shape index (κ2) is 8.59. The molecule has 2 N–H and O–H groups in total. The summed E-state index contributed by atoms with van der Waals surface area (Å²) >= 11 is 0. The fraction of sp³-hybridized carbons (Fsp3) is 0.222. The van der Waals surface area contributed by atoms with Crippen LogP contribution in [0.5, 0.6) is 0 Å². The van der Waals surface area contributed by atoms with E-state index in [-0.39, 0.29) is 38.2 Å². The third kappa shape index (κ3) is 4.48. The maximum absolute atomic E-state index is 13.9. The van der Waals surface area contributed by atoms with Gasteiger partial charge in [0.15, 0.2) is 11.6 Å². The molecule has 2 atom stereocenters. The third-order valence-electron chi connectivity index (χ3n) is 4.45. The van der Waals surface area contributed by atoms with Crippen LogP contribution in [0.2, 0.25) is 0 Å². The molecule has 3 rings (SSSR count). The van der Waals surface area contributed by atoms with Crippen molar-refractivity contribution in [2.45, 2.75) is 12.1 Å². The third-order valence-corrected chi connectivity index (χ3v) is 4.45. The van der Waals surface area contributed by atoms with Crippen molar-refractivity contribution in [2.75, 3.05) is 11.6 Å². The van der Waals surface area contributed by atoms with Crippen LogP contribution in [0.25, 0.3) is 5.32 Å². The molecule has 1 aliphatic heterocycles. The number of amides is 2. The fourth-order valence-corrected chi connectivity index (χ4v) is 3.03. The van der Waals surface area contributed by atoms with E-state index in [0.717, 1.165) is 36.4 Å². The van der Waals surface area contributed by atoms with Crippen molar-refractivity contribution in [3.63, 3.8) is 0 Å². The second-order valence-corrected chi connectivity index (χ2v) is 6.17. The smallest absolute Gasteiger partial charge is 0.416 e. The minimum absolute atomic E-state index is 0.